The third-order valence-corrected chi connectivity index (χ3v) is 4.75. The molecule has 0 atom stereocenters. The minimum absolute atomic E-state index is 0.300. The second-order valence-corrected chi connectivity index (χ2v) is 6.80. The fraction of sp³-hybridized carbons (Fsp3) is 0.300. The van der Waals surface area contributed by atoms with Gasteiger partial charge in [0.15, 0.2) is 0 Å². The lowest BCUT2D eigenvalue weighted by Gasteiger charge is -2.14. The number of aryl methyl sites for hydroxylation is 1. The number of aromatic amines is 1. The van der Waals surface area contributed by atoms with E-state index in [2.05, 4.69) is 21.0 Å². The number of rotatable bonds is 7. The molecule has 0 spiro atoms. The minimum atomic E-state index is -0.383. The normalized spacial score (nSPS) is 13.7. The third-order valence-electron chi connectivity index (χ3n) is 4.75. The zero-order chi connectivity index (χ0) is 18.8. The van der Waals surface area contributed by atoms with Crippen LogP contribution in [0.5, 0.6) is 0 Å². The van der Waals surface area contributed by atoms with Crippen LogP contribution in [0.15, 0.2) is 36.5 Å². The largest absolute Gasteiger partial charge is 0.352 e. The number of benzene rings is 2. The molecule has 0 bridgehead atoms. The first kappa shape index (κ1) is 17.5. The number of hydrogen-bond acceptors (Lipinski definition) is 4. The van der Waals surface area contributed by atoms with Crippen LogP contribution in [0.25, 0.3) is 10.9 Å². The number of anilines is 2. The van der Waals surface area contributed by atoms with E-state index in [4.69, 9.17) is 4.84 Å². The second kappa shape index (κ2) is 7.36. The van der Waals surface area contributed by atoms with Gasteiger partial charge in [-0.05, 0) is 55.0 Å². The van der Waals surface area contributed by atoms with Gasteiger partial charge in [-0.1, -0.05) is 13.0 Å². The summed E-state index contributed by atoms with van der Waals surface area (Å²) in [5.41, 5.74) is 5.28. The molecule has 1 aliphatic rings. The molecule has 1 heterocycles. The monoisotopic (exact) mass is 368 g/mol. The maximum Gasteiger partial charge on any atom is 0.276 e. The Bertz CT molecular complexity index is 981. The fourth-order valence-electron chi connectivity index (χ4n) is 2.92. The maximum atomic E-state index is 14.5. The van der Waals surface area contributed by atoms with Gasteiger partial charge in [-0.3, -0.25) is 14.7 Å². The number of fused-ring (bicyclic) bond motifs is 1. The van der Waals surface area contributed by atoms with Crippen LogP contribution in [-0.2, 0) is 11.3 Å². The molecule has 1 aromatic heterocycles. The van der Waals surface area contributed by atoms with E-state index >= 15 is 0 Å². The lowest BCUT2D eigenvalue weighted by molar-refractivity contribution is 0.0271. The fourth-order valence-corrected chi connectivity index (χ4v) is 2.92. The van der Waals surface area contributed by atoms with Crippen LogP contribution in [0.3, 0.4) is 0 Å². The van der Waals surface area contributed by atoms with Crippen LogP contribution in [-0.4, -0.2) is 22.7 Å². The van der Waals surface area contributed by atoms with Crippen LogP contribution in [0.4, 0.5) is 15.8 Å². The molecular weight excluding hydrogens is 347 g/mol. The lowest BCUT2D eigenvalue weighted by atomic mass is 10.1. The van der Waals surface area contributed by atoms with Gasteiger partial charge in [0.2, 0.25) is 0 Å². The van der Waals surface area contributed by atoms with E-state index in [9.17, 15) is 9.18 Å². The van der Waals surface area contributed by atoms with Crippen LogP contribution < -0.4 is 10.8 Å². The number of carbonyl (C=O) groups excluding carboxylic acids is 1. The number of hydroxylamine groups is 1. The Balaban J connectivity index is 1.64. The number of nitrogens with one attached hydrogen (secondary N) is 3. The van der Waals surface area contributed by atoms with Crippen LogP contribution in [0.1, 0.15) is 35.7 Å². The van der Waals surface area contributed by atoms with E-state index in [0.29, 0.717) is 34.8 Å². The molecule has 0 radical (unpaired) electrons. The van der Waals surface area contributed by atoms with Gasteiger partial charge >= 0.3 is 0 Å². The van der Waals surface area contributed by atoms with E-state index in [0.717, 1.165) is 30.3 Å². The van der Waals surface area contributed by atoms with Crippen molar-refractivity contribution >= 4 is 28.2 Å². The number of nitrogens with zero attached hydrogens (tertiary/aromatic N) is 1. The number of carbonyl (C=O) groups is 1. The van der Waals surface area contributed by atoms with Crippen molar-refractivity contribution in [2.24, 2.45) is 5.92 Å². The number of H-pyrrole nitrogens is 1. The smallest absolute Gasteiger partial charge is 0.276 e. The minimum Gasteiger partial charge on any atom is -0.352 e. The molecule has 1 amide bonds. The summed E-state index contributed by atoms with van der Waals surface area (Å²) in [6.45, 7) is 2.48. The summed E-state index contributed by atoms with van der Waals surface area (Å²) in [5.74, 6) is -0.219. The first-order valence-corrected chi connectivity index (χ1v) is 9.09. The molecule has 6 nitrogen and oxygen atoms in total. The van der Waals surface area contributed by atoms with Gasteiger partial charge in [0.1, 0.15) is 5.82 Å². The van der Waals surface area contributed by atoms with Crippen molar-refractivity contribution in [3.8, 4) is 0 Å². The topological polar surface area (TPSA) is 79.0 Å². The van der Waals surface area contributed by atoms with Crippen molar-refractivity contribution in [1.29, 1.82) is 0 Å². The average Bonchev–Trinajstić information content (AvgIpc) is 3.37. The first-order valence-electron chi connectivity index (χ1n) is 9.09. The predicted molar refractivity (Wildman–Crippen MR) is 101 cm³/mol. The zero-order valence-electron chi connectivity index (χ0n) is 15.0. The SMILES string of the molecule is CCc1ccc(Nc2c(C(=O)NOCC3CC3)ccc3[nH]ncc23)c(F)c1. The van der Waals surface area contributed by atoms with Crippen molar-refractivity contribution < 1.29 is 14.0 Å². The van der Waals surface area contributed by atoms with E-state index < -0.39 is 0 Å². The van der Waals surface area contributed by atoms with E-state index in [1.54, 1.807) is 24.4 Å². The van der Waals surface area contributed by atoms with Crippen molar-refractivity contribution in [3.05, 3.63) is 53.5 Å². The first-order chi connectivity index (χ1) is 13.2. The summed E-state index contributed by atoms with van der Waals surface area (Å²) in [4.78, 5) is 17.9. The molecule has 1 saturated carbocycles. The van der Waals surface area contributed by atoms with Gasteiger partial charge < -0.3 is 5.32 Å². The molecule has 0 saturated heterocycles. The number of hydrogen-bond donors (Lipinski definition) is 3. The van der Waals surface area contributed by atoms with Crippen molar-refractivity contribution in [1.82, 2.24) is 15.7 Å². The molecule has 140 valence electrons. The number of amides is 1. The van der Waals surface area contributed by atoms with E-state index in [1.165, 1.54) is 6.07 Å². The Morgan fingerprint density at radius 1 is 1.33 bits per heavy atom. The van der Waals surface area contributed by atoms with Crippen molar-refractivity contribution in [2.45, 2.75) is 26.2 Å². The summed E-state index contributed by atoms with van der Waals surface area (Å²) >= 11 is 0. The highest BCUT2D eigenvalue weighted by Gasteiger charge is 2.23. The standard InChI is InChI=1S/C20H21FN4O2/c1-2-12-5-7-18(16(21)9-12)23-19-14(6-8-17-15(19)10-22-24-17)20(26)25-27-11-13-3-4-13/h5-10,13,23H,2-4,11H2,1H3,(H,22,24)(H,25,26). The molecule has 3 N–H and O–H groups in total. The third kappa shape index (κ3) is 3.78. The quantitative estimate of drug-likeness (QED) is 0.549. The second-order valence-electron chi connectivity index (χ2n) is 6.80. The molecule has 3 aromatic rings. The van der Waals surface area contributed by atoms with Gasteiger partial charge in [-0.2, -0.15) is 5.10 Å². The molecule has 1 aliphatic carbocycles. The summed E-state index contributed by atoms with van der Waals surface area (Å²) < 4.78 is 14.5. The van der Waals surface area contributed by atoms with E-state index in [-0.39, 0.29) is 11.7 Å². The summed E-state index contributed by atoms with van der Waals surface area (Å²) in [6, 6.07) is 8.46. The molecule has 2 aromatic carbocycles. The van der Waals surface area contributed by atoms with Gasteiger partial charge in [0, 0.05) is 5.39 Å². The Hall–Kier alpha value is -2.93. The van der Waals surface area contributed by atoms with Crippen LogP contribution in [0, 0.1) is 11.7 Å². The molecule has 0 aliphatic heterocycles. The molecule has 7 heteroatoms. The van der Waals surface area contributed by atoms with Gasteiger partial charge in [-0.15, -0.1) is 0 Å². The molecule has 1 fully saturated rings. The van der Waals surface area contributed by atoms with E-state index in [1.807, 2.05) is 13.0 Å². The summed E-state index contributed by atoms with van der Waals surface area (Å²) in [5, 5.41) is 10.7. The van der Waals surface area contributed by atoms with Gasteiger partial charge in [0.25, 0.3) is 5.91 Å². The number of halogens is 1. The van der Waals surface area contributed by atoms with Crippen LogP contribution in [0.2, 0.25) is 0 Å². The zero-order valence-corrected chi connectivity index (χ0v) is 15.0. The molecule has 0 unspecified atom stereocenters. The van der Waals surface area contributed by atoms with Gasteiger partial charge in [-0.25, -0.2) is 9.87 Å². The Morgan fingerprint density at radius 3 is 2.93 bits per heavy atom. The molecule has 4 rings (SSSR count). The predicted octanol–water partition coefficient (Wildman–Crippen LogP) is 4.08. The van der Waals surface area contributed by atoms with Crippen molar-refractivity contribution in [2.75, 3.05) is 11.9 Å². The highest BCUT2D eigenvalue weighted by molar-refractivity contribution is 6.08. The highest BCUT2D eigenvalue weighted by atomic mass is 19.1. The Labute approximate surface area is 156 Å². The number of aromatic nitrogens is 2. The summed E-state index contributed by atoms with van der Waals surface area (Å²) in [6.07, 6.45) is 4.63. The Kier molecular flexibility index (Phi) is 4.77. The molecular formula is C20H21FN4O2. The average molecular weight is 368 g/mol. The summed E-state index contributed by atoms with van der Waals surface area (Å²) in [7, 11) is 0. The van der Waals surface area contributed by atoms with Crippen LogP contribution >= 0.6 is 0 Å². The van der Waals surface area contributed by atoms with Crippen molar-refractivity contribution in [3.63, 3.8) is 0 Å². The lowest BCUT2D eigenvalue weighted by Crippen LogP contribution is -2.25. The maximum absolute atomic E-state index is 14.5. The molecule has 27 heavy (non-hydrogen) atoms. The Morgan fingerprint density at radius 2 is 2.19 bits per heavy atom. The van der Waals surface area contributed by atoms with Gasteiger partial charge in [0.05, 0.1) is 35.3 Å². The highest BCUT2D eigenvalue weighted by Crippen LogP contribution is 2.31.